The molecule has 0 unspecified atom stereocenters. The normalized spacial score (nSPS) is 16.8. The fourth-order valence-corrected chi connectivity index (χ4v) is 5.20. The van der Waals surface area contributed by atoms with Crippen LogP contribution in [0.5, 0.6) is 0 Å². The summed E-state index contributed by atoms with van der Waals surface area (Å²) in [6, 6.07) is 16.2. The van der Waals surface area contributed by atoms with Crippen LogP contribution in [0.4, 0.5) is 26.3 Å². The quantitative estimate of drug-likeness (QED) is 0.328. The van der Waals surface area contributed by atoms with E-state index in [1.165, 1.54) is 26.0 Å². The molecule has 188 valence electrons. The third kappa shape index (κ3) is 5.41. The van der Waals surface area contributed by atoms with Gasteiger partial charge in [0.25, 0.3) is 0 Å². The van der Waals surface area contributed by atoms with E-state index >= 15 is 4.39 Å². The van der Waals surface area contributed by atoms with Crippen LogP contribution in [0, 0.1) is 28.9 Å². The minimum Gasteiger partial charge on any atom is -0.292 e. The number of benzene rings is 3. The first kappa shape index (κ1) is 25.8. The van der Waals surface area contributed by atoms with Gasteiger partial charge in [-0.3, -0.25) is 4.90 Å². The Balaban J connectivity index is 1.67. The standard InChI is InChI=1S/C28H24F6N2/c1-27(2,31)25(20-11-23(29)13-24(30)12-20)21-15-36(16-21)26(19-5-3-4-17(10-19)14-35)18-6-8-22(9-7-18)28(32,33)34/h3-13,21,25-26H,15-16H2,1-2H3/t25-,26-/m1/s1. The summed E-state index contributed by atoms with van der Waals surface area (Å²) in [5.41, 5.74) is -0.627. The molecule has 1 aliphatic heterocycles. The molecular weight excluding hydrogens is 478 g/mol. The first-order valence-corrected chi connectivity index (χ1v) is 11.4. The minimum absolute atomic E-state index is 0.224. The van der Waals surface area contributed by atoms with Crippen LogP contribution in [0.25, 0.3) is 0 Å². The lowest BCUT2D eigenvalue weighted by Gasteiger charge is -2.50. The molecule has 0 aliphatic carbocycles. The Bertz CT molecular complexity index is 1240. The van der Waals surface area contributed by atoms with Crippen molar-refractivity contribution in [3.63, 3.8) is 0 Å². The van der Waals surface area contributed by atoms with Gasteiger partial charge < -0.3 is 0 Å². The van der Waals surface area contributed by atoms with Crippen molar-refractivity contribution < 1.29 is 26.3 Å². The highest BCUT2D eigenvalue weighted by molar-refractivity contribution is 5.40. The van der Waals surface area contributed by atoms with E-state index in [9.17, 15) is 27.2 Å². The molecule has 4 rings (SSSR count). The number of halogens is 6. The lowest BCUT2D eigenvalue weighted by Crippen LogP contribution is -2.53. The molecule has 0 N–H and O–H groups in total. The summed E-state index contributed by atoms with van der Waals surface area (Å²) in [4.78, 5) is 1.97. The van der Waals surface area contributed by atoms with E-state index < -0.39 is 41.0 Å². The number of likely N-dealkylation sites (tertiary alicyclic amines) is 1. The van der Waals surface area contributed by atoms with Crippen LogP contribution in [0.15, 0.2) is 66.7 Å². The van der Waals surface area contributed by atoms with Crippen LogP contribution in [-0.4, -0.2) is 23.7 Å². The number of alkyl halides is 4. The topological polar surface area (TPSA) is 27.0 Å². The predicted octanol–water partition coefficient (Wildman–Crippen LogP) is 7.41. The number of hydrogen-bond donors (Lipinski definition) is 0. The van der Waals surface area contributed by atoms with Gasteiger partial charge in [0, 0.05) is 25.1 Å². The molecular formula is C28H24F6N2. The van der Waals surface area contributed by atoms with Gasteiger partial charge in [-0.15, -0.1) is 0 Å². The molecule has 36 heavy (non-hydrogen) atoms. The number of hydrogen-bond acceptors (Lipinski definition) is 2. The maximum absolute atomic E-state index is 15.3. The average molecular weight is 503 g/mol. The lowest BCUT2D eigenvalue weighted by molar-refractivity contribution is -0.137. The van der Waals surface area contributed by atoms with Crippen LogP contribution in [0.2, 0.25) is 0 Å². The monoisotopic (exact) mass is 502 g/mol. The highest BCUT2D eigenvalue weighted by Gasteiger charge is 2.45. The number of rotatable bonds is 6. The summed E-state index contributed by atoms with van der Waals surface area (Å²) in [6.45, 7) is 3.43. The van der Waals surface area contributed by atoms with Crippen molar-refractivity contribution in [2.45, 2.75) is 37.7 Å². The van der Waals surface area contributed by atoms with Gasteiger partial charge in [0.05, 0.1) is 23.2 Å². The Morgan fingerprint density at radius 1 is 0.833 bits per heavy atom. The van der Waals surface area contributed by atoms with Gasteiger partial charge in [-0.2, -0.15) is 18.4 Å². The Morgan fingerprint density at radius 2 is 1.44 bits per heavy atom. The second-order valence-electron chi connectivity index (χ2n) is 9.72. The maximum Gasteiger partial charge on any atom is 0.416 e. The van der Waals surface area contributed by atoms with E-state index in [0.29, 0.717) is 29.8 Å². The lowest BCUT2D eigenvalue weighted by atomic mass is 9.72. The van der Waals surface area contributed by atoms with E-state index in [2.05, 4.69) is 6.07 Å². The summed E-state index contributed by atoms with van der Waals surface area (Å²) in [5, 5.41) is 9.33. The average Bonchev–Trinajstić information content (AvgIpc) is 2.76. The molecule has 0 bridgehead atoms. The Labute approximate surface area is 205 Å². The second-order valence-corrected chi connectivity index (χ2v) is 9.72. The van der Waals surface area contributed by atoms with Crippen LogP contribution in [0.1, 0.15) is 53.6 Å². The van der Waals surface area contributed by atoms with Crippen molar-refractivity contribution in [1.82, 2.24) is 4.90 Å². The van der Waals surface area contributed by atoms with Gasteiger partial charge in [-0.25, -0.2) is 13.2 Å². The van der Waals surface area contributed by atoms with E-state index in [-0.39, 0.29) is 11.5 Å². The number of nitrogens with zero attached hydrogens (tertiary/aromatic N) is 2. The summed E-state index contributed by atoms with van der Waals surface area (Å²) >= 11 is 0. The highest BCUT2D eigenvalue weighted by Crippen LogP contribution is 2.46. The van der Waals surface area contributed by atoms with Crippen molar-refractivity contribution in [3.05, 3.63) is 106 Å². The summed E-state index contributed by atoms with van der Waals surface area (Å²) in [5.74, 6) is -2.65. The fraction of sp³-hybridized carbons (Fsp3) is 0.321. The van der Waals surface area contributed by atoms with Gasteiger partial charge >= 0.3 is 6.18 Å². The molecule has 0 saturated carbocycles. The smallest absolute Gasteiger partial charge is 0.292 e. The SMILES string of the molecule is CC(C)(F)[C@H](c1cc(F)cc(F)c1)C1CN([C@H](c2ccc(C(F)(F)F)cc2)c2cccc(C#N)c2)C1. The van der Waals surface area contributed by atoms with Gasteiger partial charge in [-0.05, 0) is 72.9 Å². The molecule has 0 radical (unpaired) electrons. The zero-order valence-corrected chi connectivity index (χ0v) is 19.7. The first-order chi connectivity index (χ1) is 16.9. The van der Waals surface area contributed by atoms with E-state index in [1.54, 1.807) is 24.3 Å². The summed E-state index contributed by atoms with van der Waals surface area (Å²) in [6.07, 6.45) is -4.48. The summed E-state index contributed by atoms with van der Waals surface area (Å²) < 4.78 is 82.5. The Morgan fingerprint density at radius 3 is 1.97 bits per heavy atom. The van der Waals surface area contributed by atoms with E-state index in [0.717, 1.165) is 30.3 Å². The zero-order chi connectivity index (χ0) is 26.3. The molecule has 3 aromatic rings. The molecule has 0 aromatic heterocycles. The third-order valence-corrected chi connectivity index (χ3v) is 6.64. The maximum atomic E-state index is 15.3. The molecule has 0 spiro atoms. The first-order valence-electron chi connectivity index (χ1n) is 11.4. The molecule has 2 nitrogen and oxygen atoms in total. The van der Waals surface area contributed by atoms with Crippen molar-refractivity contribution in [1.29, 1.82) is 5.26 Å². The van der Waals surface area contributed by atoms with E-state index in [1.807, 2.05) is 4.90 Å². The molecule has 1 aliphatic rings. The minimum atomic E-state index is -4.48. The second kappa shape index (κ2) is 9.62. The molecule has 1 fully saturated rings. The molecule has 1 heterocycles. The fourth-order valence-electron chi connectivity index (χ4n) is 5.20. The highest BCUT2D eigenvalue weighted by atomic mass is 19.4. The van der Waals surface area contributed by atoms with Crippen molar-refractivity contribution in [2.24, 2.45) is 5.92 Å². The molecule has 3 aromatic carbocycles. The summed E-state index contributed by atoms with van der Waals surface area (Å²) in [7, 11) is 0. The predicted molar refractivity (Wildman–Crippen MR) is 124 cm³/mol. The van der Waals surface area contributed by atoms with Gasteiger partial charge in [0.15, 0.2) is 0 Å². The van der Waals surface area contributed by atoms with Gasteiger partial charge in [-0.1, -0.05) is 24.3 Å². The van der Waals surface area contributed by atoms with Gasteiger partial charge in [0.1, 0.15) is 17.3 Å². The van der Waals surface area contributed by atoms with Crippen LogP contribution in [-0.2, 0) is 6.18 Å². The van der Waals surface area contributed by atoms with Crippen molar-refractivity contribution >= 4 is 0 Å². The zero-order valence-electron chi connectivity index (χ0n) is 19.7. The Kier molecular flexibility index (Phi) is 6.89. The van der Waals surface area contributed by atoms with Crippen LogP contribution in [0.3, 0.4) is 0 Å². The van der Waals surface area contributed by atoms with E-state index in [4.69, 9.17) is 0 Å². The van der Waals surface area contributed by atoms with Crippen molar-refractivity contribution in [2.75, 3.05) is 13.1 Å². The number of nitriles is 1. The molecule has 1 saturated heterocycles. The largest absolute Gasteiger partial charge is 0.416 e. The van der Waals surface area contributed by atoms with Crippen LogP contribution >= 0.6 is 0 Å². The Hall–Kier alpha value is -3.31. The third-order valence-electron chi connectivity index (χ3n) is 6.64. The molecule has 8 heteroatoms. The molecule has 0 amide bonds. The molecule has 2 atom stereocenters. The van der Waals surface area contributed by atoms with Gasteiger partial charge in [0.2, 0.25) is 0 Å². The van der Waals surface area contributed by atoms with Crippen LogP contribution < -0.4 is 0 Å². The van der Waals surface area contributed by atoms with Crippen molar-refractivity contribution in [3.8, 4) is 6.07 Å².